The van der Waals surface area contributed by atoms with Crippen LogP contribution in [0.25, 0.3) is 0 Å². The van der Waals surface area contributed by atoms with Crippen molar-refractivity contribution in [1.29, 1.82) is 0 Å². The van der Waals surface area contributed by atoms with Crippen LogP contribution in [0.3, 0.4) is 0 Å². The first kappa shape index (κ1) is 8.27. The lowest BCUT2D eigenvalue weighted by molar-refractivity contribution is 0.406. The van der Waals surface area contributed by atoms with E-state index in [-0.39, 0.29) is 10.8 Å². The number of benzene rings is 1. The van der Waals surface area contributed by atoms with Crippen molar-refractivity contribution in [3.05, 3.63) is 28.8 Å². The number of hydrogen-bond acceptors (Lipinski definition) is 1. The first-order valence-electron chi connectivity index (χ1n) is 2.84. The van der Waals surface area contributed by atoms with Crippen LogP contribution >= 0.6 is 11.6 Å². The molecule has 60 valence electrons. The molecule has 0 spiro atoms. The van der Waals surface area contributed by atoms with Crippen LogP contribution in [0.1, 0.15) is 0 Å². The summed E-state index contributed by atoms with van der Waals surface area (Å²) in [5.41, 5.74) is 0. The smallest absolute Gasteiger partial charge is 0.181 e. The van der Waals surface area contributed by atoms with Gasteiger partial charge in [0.25, 0.3) is 0 Å². The largest absolute Gasteiger partial charge is 0.495 e. The average molecular weight is 179 g/mol. The van der Waals surface area contributed by atoms with E-state index >= 15 is 0 Å². The Hall–Kier alpha value is -0.830. The fraction of sp³-hybridized carbons (Fsp3) is 0.143. The molecule has 0 heterocycles. The fourth-order valence-corrected chi connectivity index (χ4v) is 0.896. The molecule has 11 heavy (non-hydrogen) atoms. The molecule has 1 rings (SSSR count). The Kier molecular flexibility index (Phi) is 2.29. The molecule has 4 heteroatoms. The molecular weight excluding hydrogens is 174 g/mol. The van der Waals surface area contributed by atoms with Gasteiger partial charge in [-0.3, -0.25) is 0 Å². The van der Waals surface area contributed by atoms with Crippen molar-refractivity contribution in [2.45, 2.75) is 0 Å². The molecule has 0 saturated carbocycles. The first-order valence-corrected chi connectivity index (χ1v) is 3.22. The van der Waals surface area contributed by atoms with Gasteiger partial charge in [-0.1, -0.05) is 11.6 Å². The summed E-state index contributed by atoms with van der Waals surface area (Å²) in [6, 6.07) is 2.22. The van der Waals surface area contributed by atoms with Crippen molar-refractivity contribution in [1.82, 2.24) is 0 Å². The zero-order valence-electron chi connectivity index (χ0n) is 5.70. The van der Waals surface area contributed by atoms with Crippen LogP contribution in [0.15, 0.2) is 12.1 Å². The Labute approximate surface area is 67.5 Å². The minimum absolute atomic E-state index is 0.130. The van der Waals surface area contributed by atoms with Gasteiger partial charge in [0.1, 0.15) is 10.8 Å². The third-order valence-corrected chi connectivity index (χ3v) is 1.57. The summed E-state index contributed by atoms with van der Waals surface area (Å²) < 4.78 is 29.6. The number of halogens is 3. The van der Waals surface area contributed by atoms with Crippen molar-refractivity contribution in [3.63, 3.8) is 0 Å². The lowest BCUT2D eigenvalue weighted by Gasteiger charge is -2.02. The van der Waals surface area contributed by atoms with Crippen molar-refractivity contribution >= 4 is 11.6 Å². The first-order chi connectivity index (χ1) is 5.16. The quantitative estimate of drug-likeness (QED) is 0.601. The van der Waals surface area contributed by atoms with Crippen LogP contribution in [0, 0.1) is 11.6 Å². The van der Waals surface area contributed by atoms with E-state index in [1.54, 1.807) is 0 Å². The predicted octanol–water partition coefficient (Wildman–Crippen LogP) is 2.63. The highest BCUT2D eigenvalue weighted by atomic mass is 35.5. The van der Waals surface area contributed by atoms with Crippen LogP contribution in [-0.4, -0.2) is 7.11 Å². The van der Waals surface area contributed by atoms with Crippen molar-refractivity contribution in [2.75, 3.05) is 7.11 Å². The molecule has 0 fully saturated rings. The van der Waals surface area contributed by atoms with Gasteiger partial charge in [-0.25, -0.2) is 8.78 Å². The molecule has 0 bridgehead atoms. The Balaban J connectivity index is 3.25. The Morgan fingerprint density at radius 1 is 1.36 bits per heavy atom. The van der Waals surface area contributed by atoms with Gasteiger partial charge in [0.05, 0.1) is 7.11 Å². The highest BCUT2D eigenvalue weighted by Gasteiger charge is 2.10. The molecule has 0 aliphatic heterocycles. The molecule has 0 radical (unpaired) electrons. The molecule has 0 saturated heterocycles. The van der Waals surface area contributed by atoms with Gasteiger partial charge >= 0.3 is 0 Å². The van der Waals surface area contributed by atoms with E-state index in [0.717, 1.165) is 6.07 Å². The van der Waals surface area contributed by atoms with Gasteiger partial charge < -0.3 is 4.74 Å². The van der Waals surface area contributed by atoms with Gasteiger partial charge in [-0.05, 0) is 12.1 Å². The summed E-state index contributed by atoms with van der Waals surface area (Å²) in [7, 11) is 1.33. The second-order valence-electron chi connectivity index (χ2n) is 1.88. The molecule has 0 aliphatic rings. The summed E-state index contributed by atoms with van der Waals surface area (Å²) in [6.45, 7) is 0. The van der Waals surface area contributed by atoms with Gasteiger partial charge in [0.15, 0.2) is 11.6 Å². The minimum Gasteiger partial charge on any atom is -0.495 e. The maximum atomic E-state index is 12.6. The number of hydrogen-bond donors (Lipinski definition) is 0. The summed E-state index contributed by atoms with van der Waals surface area (Å²) in [5.74, 6) is -1.92. The molecule has 1 aromatic carbocycles. The SMILES string of the molecule is COc1ccc(F)c(F)c1Cl. The van der Waals surface area contributed by atoms with Gasteiger partial charge in [-0.2, -0.15) is 0 Å². The van der Waals surface area contributed by atoms with Gasteiger partial charge in [-0.15, -0.1) is 0 Å². The van der Waals surface area contributed by atoms with Crippen molar-refractivity contribution in [3.8, 4) is 5.75 Å². The lowest BCUT2D eigenvalue weighted by atomic mass is 10.3. The van der Waals surface area contributed by atoms with Crippen molar-refractivity contribution < 1.29 is 13.5 Å². The molecule has 1 aromatic rings. The number of ether oxygens (including phenoxy) is 1. The molecule has 1 nitrogen and oxygen atoms in total. The van der Waals surface area contributed by atoms with Gasteiger partial charge in [0.2, 0.25) is 0 Å². The maximum absolute atomic E-state index is 12.6. The predicted molar refractivity (Wildman–Crippen MR) is 37.9 cm³/mol. The van der Waals surface area contributed by atoms with Crippen LogP contribution in [0.2, 0.25) is 5.02 Å². The third-order valence-electron chi connectivity index (χ3n) is 1.22. The summed E-state index contributed by atoms with van der Waals surface area (Å²) in [5, 5.41) is -0.326. The van der Waals surface area contributed by atoms with E-state index in [1.807, 2.05) is 0 Å². The van der Waals surface area contributed by atoms with Crippen molar-refractivity contribution in [2.24, 2.45) is 0 Å². The van der Waals surface area contributed by atoms with E-state index in [4.69, 9.17) is 11.6 Å². The topological polar surface area (TPSA) is 9.23 Å². The molecule has 0 aliphatic carbocycles. The van der Waals surface area contributed by atoms with Crippen LogP contribution < -0.4 is 4.74 Å². The Morgan fingerprint density at radius 2 is 2.00 bits per heavy atom. The third kappa shape index (κ3) is 1.43. The summed E-state index contributed by atoms with van der Waals surface area (Å²) in [4.78, 5) is 0. The standard InChI is InChI=1S/C7H5ClF2O/c1-11-5-3-2-4(9)7(10)6(5)8/h2-3H,1H3. The van der Waals surface area contributed by atoms with Crippen LogP contribution in [0.5, 0.6) is 5.75 Å². The zero-order chi connectivity index (χ0) is 8.43. The molecule has 0 amide bonds. The van der Waals surface area contributed by atoms with E-state index in [1.165, 1.54) is 13.2 Å². The second kappa shape index (κ2) is 3.05. The Bertz CT molecular complexity index is 275. The second-order valence-corrected chi connectivity index (χ2v) is 2.26. The highest BCUT2D eigenvalue weighted by molar-refractivity contribution is 6.32. The number of rotatable bonds is 1. The molecule has 0 aromatic heterocycles. The number of methoxy groups -OCH3 is 1. The van der Waals surface area contributed by atoms with E-state index in [0.29, 0.717) is 0 Å². The monoisotopic (exact) mass is 178 g/mol. The van der Waals surface area contributed by atoms with Crippen LogP contribution in [0.4, 0.5) is 8.78 Å². The fourth-order valence-electron chi connectivity index (χ4n) is 0.666. The summed E-state index contributed by atoms with van der Waals surface area (Å²) >= 11 is 5.36. The highest BCUT2D eigenvalue weighted by Crippen LogP contribution is 2.28. The molecular formula is C7H5ClF2O. The maximum Gasteiger partial charge on any atom is 0.181 e. The average Bonchev–Trinajstić information content (AvgIpc) is 2.01. The zero-order valence-corrected chi connectivity index (χ0v) is 6.45. The lowest BCUT2D eigenvalue weighted by Crippen LogP contribution is -1.90. The minimum atomic E-state index is -1.08. The molecule has 0 N–H and O–H groups in total. The van der Waals surface area contributed by atoms with E-state index in [2.05, 4.69) is 4.74 Å². The van der Waals surface area contributed by atoms with E-state index < -0.39 is 11.6 Å². The molecule has 0 atom stereocenters. The van der Waals surface area contributed by atoms with Crippen LogP contribution in [-0.2, 0) is 0 Å². The Morgan fingerprint density at radius 3 is 2.55 bits per heavy atom. The van der Waals surface area contributed by atoms with E-state index in [9.17, 15) is 8.78 Å². The van der Waals surface area contributed by atoms with Gasteiger partial charge in [0, 0.05) is 0 Å². The normalized spacial score (nSPS) is 9.82. The molecule has 0 unspecified atom stereocenters. The summed E-state index contributed by atoms with van der Waals surface area (Å²) in [6.07, 6.45) is 0.